The SMILES string of the molecule is CN1C(C)(C)CC(OC(=O)c2ccccn2)CC1(C)C. The van der Waals surface area contributed by atoms with Crippen LogP contribution in [-0.2, 0) is 4.74 Å². The van der Waals surface area contributed by atoms with Crippen LogP contribution in [0.5, 0.6) is 0 Å². The molecule has 4 nitrogen and oxygen atoms in total. The Morgan fingerprint density at radius 2 is 1.85 bits per heavy atom. The summed E-state index contributed by atoms with van der Waals surface area (Å²) in [5, 5.41) is 0. The zero-order valence-corrected chi connectivity index (χ0v) is 13.0. The Morgan fingerprint density at radius 3 is 2.35 bits per heavy atom. The fourth-order valence-electron chi connectivity index (χ4n) is 3.06. The molecule has 1 aliphatic heterocycles. The number of piperidine rings is 1. The minimum atomic E-state index is -0.327. The number of hydrogen-bond acceptors (Lipinski definition) is 4. The van der Waals surface area contributed by atoms with Crippen molar-refractivity contribution in [3.05, 3.63) is 30.1 Å². The fourth-order valence-corrected chi connectivity index (χ4v) is 3.06. The van der Waals surface area contributed by atoms with Gasteiger partial charge in [-0.1, -0.05) is 6.07 Å². The van der Waals surface area contributed by atoms with Gasteiger partial charge >= 0.3 is 5.97 Å². The Morgan fingerprint density at radius 1 is 1.25 bits per heavy atom. The Bertz CT molecular complexity index is 465. The summed E-state index contributed by atoms with van der Waals surface area (Å²) < 4.78 is 5.67. The Hall–Kier alpha value is -1.42. The van der Waals surface area contributed by atoms with Gasteiger partial charge in [0, 0.05) is 30.1 Å². The molecule has 0 radical (unpaired) electrons. The second-order valence-corrected chi connectivity index (χ2v) is 6.83. The molecule has 0 saturated carbocycles. The minimum absolute atomic E-state index is 0.0107. The molecular formula is C16H24N2O2. The van der Waals surface area contributed by atoms with Crippen molar-refractivity contribution in [3.8, 4) is 0 Å². The molecular weight excluding hydrogens is 252 g/mol. The molecule has 4 heteroatoms. The van der Waals surface area contributed by atoms with E-state index in [9.17, 15) is 4.79 Å². The summed E-state index contributed by atoms with van der Waals surface area (Å²) in [6.07, 6.45) is 3.22. The maximum absolute atomic E-state index is 12.1. The first kappa shape index (κ1) is 15.0. The van der Waals surface area contributed by atoms with E-state index < -0.39 is 0 Å². The number of pyridine rings is 1. The van der Waals surface area contributed by atoms with Gasteiger partial charge in [-0.05, 0) is 46.9 Å². The molecule has 0 N–H and O–H groups in total. The van der Waals surface area contributed by atoms with Crippen LogP contribution < -0.4 is 0 Å². The van der Waals surface area contributed by atoms with Crippen LogP contribution in [0.1, 0.15) is 51.0 Å². The fraction of sp³-hybridized carbons (Fsp3) is 0.625. The molecule has 1 aromatic rings. The maximum atomic E-state index is 12.1. The van der Waals surface area contributed by atoms with Crippen molar-refractivity contribution in [2.24, 2.45) is 0 Å². The quantitative estimate of drug-likeness (QED) is 0.779. The van der Waals surface area contributed by atoms with Gasteiger partial charge in [-0.3, -0.25) is 4.90 Å². The van der Waals surface area contributed by atoms with Gasteiger partial charge in [-0.15, -0.1) is 0 Å². The topological polar surface area (TPSA) is 42.4 Å². The third-order valence-electron chi connectivity index (χ3n) is 4.42. The molecule has 0 unspecified atom stereocenters. The molecule has 0 aromatic carbocycles. The van der Waals surface area contributed by atoms with Gasteiger partial charge in [0.25, 0.3) is 0 Å². The highest BCUT2D eigenvalue weighted by Gasteiger charge is 2.44. The van der Waals surface area contributed by atoms with E-state index in [1.165, 1.54) is 0 Å². The van der Waals surface area contributed by atoms with Crippen LogP contribution in [0.2, 0.25) is 0 Å². The summed E-state index contributed by atoms with van der Waals surface area (Å²) in [6, 6.07) is 5.28. The van der Waals surface area contributed by atoms with Crippen LogP contribution in [0, 0.1) is 0 Å². The van der Waals surface area contributed by atoms with Gasteiger partial charge in [-0.2, -0.15) is 0 Å². The first-order valence-electron chi connectivity index (χ1n) is 7.08. The zero-order chi connectivity index (χ0) is 15.0. The van der Waals surface area contributed by atoms with E-state index in [0.29, 0.717) is 5.69 Å². The number of likely N-dealkylation sites (tertiary alicyclic amines) is 1. The van der Waals surface area contributed by atoms with Crippen molar-refractivity contribution in [3.63, 3.8) is 0 Å². The van der Waals surface area contributed by atoms with Crippen LogP contribution in [-0.4, -0.2) is 40.1 Å². The predicted octanol–water partition coefficient (Wildman–Crippen LogP) is 2.89. The number of carbonyl (C=O) groups is 1. The van der Waals surface area contributed by atoms with Crippen LogP contribution in [0.25, 0.3) is 0 Å². The van der Waals surface area contributed by atoms with Crippen LogP contribution in [0.4, 0.5) is 0 Å². The first-order chi connectivity index (χ1) is 9.22. The molecule has 0 bridgehead atoms. The van der Waals surface area contributed by atoms with Crippen molar-refractivity contribution < 1.29 is 9.53 Å². The third kappa shape index (κ3) is 3.01. The number of ether oxygens (including phenoxy) is 1. The molecule has 0 spiro atoms. The van der Waals surface area contributed by atoms with Gasteiger partial charge in [0.05, 0.1) is 0 Å². The van der Waals surface area contributed by atoms with E-state index in [1.807, 2.05) is 0 Å². The average molecular weight is 276 g/mol. The van der Waals surface area contributed by atoms with Gasteiger partial charge in [0.1, 0.15) is 11.8 Å². The van der Waals surface area contributed by atoms with E-state index in [1.54, 1.807) is 24.4 Å². The normalized spacial score (nSPS) is 22.4. The highest BCUT2D eigenvalue weighted by Crippen LogP contribution is 2.38. The highest BCUT2D eigenvalue weighted by molar-refractivity contribution is 5.87. The molecule has 1 fully saturated rings. The first-order valence-corrected chi connectivity index (χ1v) is 7.08. The smallest absolute Gasteiger partial charge is 0.357 e. The summed E-state index contributed by atoms with van der Waals surface area (Å²) in [7, 11) is 2.14. The van der Waals surface area contributed by atoms with Gasteiger partial charge in [0.2, 0.25) is 0 Å². The van der Waals surface area contributed by atoms with Crippen molar-refractivity contribution in [1.82, 2.24) is 9.88 Å². The third-order valence-corrected chi connectivity index (χ3v) is 4.42. The molecule has 1 aromatic heterocycles. The largest absolute Gasteiger partial charge is 0.458 e. The Kier molecular flexibility index (Phi) is 3.87. The van der Waals surface area contributed by atoms with Crippen LogP contribution in [0.3, 0.4) is 0 Å². The second-order valence-electron chi connectivity index (χ2n) is 6.83. The lowest BCUT2D eigenvalue weighted by molar-refractivity contribution is -0.0733. The molecule has 0 amide bonds. The zero-order valence-electron chi connectivity index (χ0n) is 13.0. The monoisotopic (exact) mass is 276 g/mol. The van der Waals surface area contributed by atoms with Crippen molar-refractivity contribution in [2.45, 2.75) is 57.7 Å². The predicted molar refractivity (Wildman–Crippen MR) is 78.6 cm³/mol. The van der Waals surface area contributed by atoms with E-state index >= 15 is 0 Å². The lowest BCUT2D eigenvalue weighted by atomic mass is 9.79. The lowest BCUT2D eigenvalue weighted by Gasteiger charge is -2.53. The summed E-state index contributed by atoms with van der Waals surface area (Å²) in [6.45, 7) is 8.76. The number of carbonyl (C=O) groups excluding carboxylic acids is 1. The molecule has 2 heterocycles. The number of esters is 1. The highest BCUT2D eigenvalue weighted by atomic mass is 16.5. The number of hydrogen-bond donors (Lipinski definition) is 0. The molecule has 110 valence electrons. The summed E-state index contributed by atoms with van der Waals surface area (Å²) in [4.78, 5) is 18.5. The molecule has 2 rings (SSSR count). The van der Waals surface area contributed by atoms with Crippen molar-refractivity contribution in [1.29, 1.82) is 0 Å². The number of aromatic nitrogens is 1. The van der Waals surface area contributed by atoms with Crippen molar-refractivity contribution >= 4 is 5.97 Å². The van der Waals surface area contributed by atoms with Gasteiger partial charge < -0.3 is 4.74 Å². The van der Waals surface area contributed by atoms with E-state index in [4.69, 9.17) is 4.74 Å². The average Bonchev–Trinajstić information content (AvgIpc) is 2.36. The molecule has 1 aliphatic rings. The van der Waals surface area contributed by atoms with Crippen molar-refractivity contribution in [2.75, 3.05) is 7.05 Å². The summed E-state index contributed by atoms with van der Waals surface area (Å²) in [5.41, 5.74) is 0.398. The number of nitrogens with zero attached hydrogens (tertiary/aromatic N) is 2. The molecule has 0 aliphatic carbocycles. The summed E-state index contributed by atoms with van der Waals surface area (Å²) in [5.74, 6) is -0.327. The second kappa shape index (κ2) is 5.17. The summed E-state index contributed by atoms with van der Waals surface area (Å²) >= 11 is 0. The van der Waals surface area contributed by atoms with Crippen LogP contribution >= 0.6 is 0 Å². The molecule has 0 atom stereocenters. The van der Waals surface area contributed by atoms with E-state index in [2.05, 4.69) is 44.6 Å². The Labute approximate surface area is 121 Å². The van der Waals surface area contributed by atoms with Gasteiger partial charge in [-0.25, -0.2) is 9.78 Å². The minimum Gasteiger partial charge on any atom is -0.458 e. The number of rotatable bonds is 2. The van der Waals surface area contributed by atoms with E-state index in [-0.39, 0.29) is 23.2 Å². The van der Waals surface area contributed by atoms with Crippen LogP contribution in [0.15, 0.2) is 24.4 Å². The Balaban J connectivity index is 2.09. The molecule has 1 saturated heterocycles. The maximum Gasteiger partial charge on any atom is 0.357 e. The van der Waals surface area contributed by atoms with E-state index in [0.717, 1.165) is 12.8 Å². The van der Waals surface area contributed by atoms with Gasteiger partial charge in [0.15, 0.2) is 0 Å². The lowest BCUT2D eigenvalue weighted by Crippen LogP contribution is -2.60. The standard InChI is InChI=1S/C16H24N2O2/c1-15(2)10-12(11-16(3,4)18(15)5)20-14(19)13-8-6-7-9-17-13/h6-9,12H,10-11H2,1-5H3. The molecule has 20 heavy (non-hydrogen) atoms.